The summed E-state index contributed by atoms with van der Waals surface area (Å²) >= 11 is 0. The molecular weight excluding hydrogens is 374 g/mol. The number of pyridine rings is 1. The average Bonchev–Trinajstić information content (AvgIpc) is 3.22. The maximum Gasteiger partial charge on any atom is 0.262 e. The minimum absolute atomic E-state index is 0.0759. The monoisotopic (exact) mass is 393 g/mol. The van der Waals surface area contributed by atoms with Crippen molar-refractivity contribution in [2.24, 2.45) is 0 Å². The van der Waals surface area contributed by atoms with Crippen LogP contribution in [0.2, 0.25) is 0 Å². The first-order valence-corrected chi connectivity index (χ1v) is 9.71. The summed E-state index contributed by atoms with van der Waals surface area (Å²) in [6, 6.07) is 27.3. The zero-order valence-electron chi connectivity index (χ0n) is 16.2. The summed E-state index contributed by atoms with van der Waals surface area (Å²) in [7, 11) is 0. The predicted molar refractivity (Wildman–Crippen MR) is 119 cm³/mol. The first kappa shape index (κ1) is 17.9. The number of para-hydroxylation sites is 1. The van der Waals surface area contributed by atoms with Gasteiger partial charge >= 0.3 is 0 Å². The number of aromatic nitrogens is 2. The van der Waals surface area contributed by atoms with E-state index in [-0.39, 0.29) is 12.5 Å². The molecule has 2 heterocycles. The minimum atomic E-state index is -0.223. The van der Waals surface area contributed by atoms with E-state index in [1.165, 1.54) is 0 Å². The van der Waals surface area contributed by atoms with Gasteiger partial charge in [0.1, 0.15) is 11.4 Å². The number of rotatable bonds is 5. The maximum absolute atomic E-state index is 12.6. The molecule has 5 rings (SSSR count). The summed E-state index contributed by atoms with van der Waals surface area (Å²) in [5.41, 5.74) is 3.21. The number of amides is 1. The van der Waals surface area contributed by atoms with E-state index in [1.807, 2.05) is 102 Å². The van der Waals surface area contributed by atoms with Gasteiger partial charge < -0.3 is 14.5 Å². The molecule has 0 radical (unpaired) electrons. The lowest BCUT2D eigenvalue weighted by atomic mass is 10.1. The van der Waals surface area contributed by atoms with Crippen LogP contribution in [0.5, 0.6) is 5.75 Å². The number of anilines is 1. The van der Waals surface area contributed by atoms with Crippen LogP contribution in [-0.2, 0) is 4.79 Å². The molecule has 0 aliphatic rings. The Morgan fingerprint density at radius 1 is 0.900 bits per heavy atom. The quantitative estimate of drug-likeness (QED) is 0.448. The molecule has 1 amide bonds. The maximum atomic E-state index is 12.6. The Morgan fingerprint density at radius 2 is 1.70 bits per heavy atom. The molecule has 0 unspecified atom stereocenters. The summed E-state index contributed by atoms with van der Waals surface area (Å²) in [5.74, 6) is 0.469. The van der Waals surface area contributed by atoms with Crippen molar-refractivity contribution in [3.05, 3.63) is 97.3 Å². The molecule has 0 aliphatic heterocycles. The van der Waals surface area contributed by atoms with Crippen molar-refractivity contribution in [3.63, 3.8) is 0 Å². The Hall–Kier alpha value is -4.12. The van der Waals surface area contributed by atoms with Crippen molar-refractivity contribution in [1.29, 1.82) is 0 Å². The zero-order valence-corrected chi connectivity index (χ0v) is 16.2. The molecule has 146 valence electrons. The first-order chi connectivity index (χ1) is 14.8. The molecule has 1 N–H and O–H groups in total. The molecule has 0 saturated heterocycles. The van der Waals surface area contributed by atoms with Crippen LogP contribution in [0.1, 0.15) is 0 Å². The number of hydrogen-bond donors (Lipinski definition) is 1. The minimum Gasteiger partial charge on any atom is -0.483 e. The lowest BCUT2D eigenvalue weighted by Crippen LogP contribution is -2.20. The van der Waals surface area contributed by atoms with Crippen LogP contribution in [0.4, 0.5) is 5.69 Å². The van der Waals surface area contributed by atoms with Gasteiger partial charge in [-0.1, -0.05) is 60.7 Å². The van der Waals surface area contributed by atoms with Crippen LogP contribution < -0.4 is 10.1 Å². The normalized spacial score (nSPS) is 10.9. The number of hydrogen-bond acceptors (Lipinski definition) is 3. The number of ether oxygens (including phenoxy) is 1. The number of carbonyl (C=O) groups excluding carboxylic acids is 1. The standard InChI is InChI=1S/C25H19N3O2/c29-25(17-30-23-13-7-9-18-8-1-2-10-19(18)23)27-21-12-4-3-11-20(21)22-16-28-15-6-5-14-24(28)26-22/h1-16H,17H2,(H,27,29). The van der Waals surface area contributed by atoms with Gasteiger partial charge in [0.05, 0.1) is 11.4 Å². The predicted octanol–water partition coefficient (Wildman–Crippen LogP) is 5.17. The van der Waals surface area contributed by atoms with Crippen LogP contribution >= 0.6 is 0 Å². The van der Waals surface area contributed by atoms with Gasteiger partial charge in [0.25, 0.3) is 5.91 Å². The number of imidazole rings is 1. The summed E-state index contributed by atoms with van der Waals surface area (Å²) in [6.45, 7) is -0.0759. The van der Waals surface area contributed by atoms with Crippen LogP contribution in [-0.4, -0.2) is 21.9 Å². The highest BCUT2D eigenvalue weighted by molar-refractivity contribution is 5.96. The second kappa shape index (κ2) is 7.72. The molecule has 0 saturated carbocycles. The highest BCUT2D eigenvalue weighted by atomic mass is 16.5. The lowest BCUT2D eigenvalue weighted by Gasteiger charge is -2.11. The Balaban J connectivity index is 1.35. The summed E-state index contributed by atoms with van der Waals surface area (Å²) in [4.78, 5) is 17.3. The Bertz CT molecular complexity index is 1320. The van der Waals surface area contributed by atoms with Gasteiger partial charge in [0.2, 0.25) is 0 Å². The molecule has 2 aromatic heterocycles. The molecule has 30 heavy (non-hydrogen) atoms. The second-order valence-corrected chi connectivity index (χ2v) is 6.95. The van der Waals surface area contributed by atoms with Crippen molar-refractivity contribution in [1.82, 2.24) is 9.38 Å². The molecule has 0 bridgehead atoms. The molecule has 3 aromatic carbocycles. The number of nitrogens with zero attached hydrogens (tertiary/aromatic N) is 2. The number of fused-ring (bicyclic) bond motifs is 2. The number of nitrogens with one attached hydrogen (secondary N) is 1. The van der Waals surface area contributed by atoms with E-state index in [1.54, 1.807) is 0 Å². The molecular formula is C25H19N3O2. The second-order valence-electron chi connectivity index (χ2n) is 6.95. The Kier molecular flexibility index (Phi) is 4.62. The SMILES string of the molecule is O=C(COc1cccc2ccccc12)Nc1ccccc1-c1cn2ccccc2n1. The van der Waals surface area contributed by atoms with Crippen molar-refractivity contribution >= 4 is 28.0 Å². The van der Waals surface area contributed by atoms with E-state index in [2.05, 4.69) is 10.3 Å². The Labute approximate surface area is 173 Å². The summed E-state index contributed by atoms with van der Waals surface area (Å²) in [6.07, 6.45) is 3.90. The third-order valence-electron chi connectivity index (χ3n) is 4.95. The van der Waals surface area contributed by atoms with Crippen molar-refractivity contribution in [2.75, 3.05) is 11.9 Å². The van der Waals surface area contributed by atoms with Gasteiger partial charge in [0.15, 0.2) is 6.61 Å². The van der Waals surface area contributed by atoms with E-state index in [9.17, 15) is 4.79 Å². The largest absolute Gasteiger partial charge is 0.483 e. The van der Waals surface area contributed by atoms with Gasteiger partial charge in [-0.15, -0.1) is 0 Å². The topological polar surface area (TPSA) is 55.6 Å². The van der Waals surface area contributed by atoms with Gasteiger partial charge in [-0.05, 0) is 29.7 Å². The summed E-state index contributed by atoms with van der Waals surface area (Å²) in [5, 5.41) is 5.02. The van der Waals surface area contributed by atoms with Crippen LogP contribution in [0.3, 0.4) is 0 Å². The van der Waals surface area contributed by atoms with Gasteiger partial charge in [0, 0.05) is 23.3 Å². The number of carbonyl (C=O) groups is 1. The van der Waals surface area contributed by atoms with Crippen molar-refractivity contribution in [3.8, 4) is 17.0 Å². The van der Waals surface area contributed by atoms with Gasteiger partial charge in [-0.2, -0.15) is 0 Å². The summed E-state index contributed by atoms with van der Waals surface area (Å²) < 4.78 is 7.77. The van der Waals surface area contributed by atoms with Gasteiger partial charge in [-0.3, -0.25) is 4.79 Å². The van der Waals surface area contributed by atoms with Crippen molar-refractivity contribution < 1.29 is 9.53 Å². The molecule has 0 aliphatic carbocycles. The smallest absolute Gasteiger partial charge is 0.262 e. The van der Waals surface area contributed by atoms with E-state index in [0.717, 1.165) is 27.7 Å². The highest BCUT2D eigenvalue weighted by Gasteiger charge is 2.12. The molecule has 5 nitrogen and oxygen atoms in total. The zero-order chi connectivity index (χ0) is 20.3. The number of benzene rings is 3. The highest BCUT2D eigenvalue weighted by Crippen LogP contribution is 2.28. The van der Waals surface area contributed by atoms with E-state index < -0.39 is 0 Å². The van der Waals surface area contributed by atoms with Crippen LogP contribution in [0, 0.1) is 0 Å². The molecule has 5 heteroatoms. The van der Waals surface area contributed by atoms with Gasteiger partial charge in [-0.25, -0.2) is 4.98 Å². The third kappa shape index (κ3) is 3.49. The first-order valence-electron chi connectivity index (χ1n) is 9.71. The van der Waals surface area contributed by atoms with Crippen molar-refractivity contribution in [2.45, 2.75) is 0 Å². The van der Waals surface area contributed by atoms with E-state index >= 15 is 0 Å². The third-order valence-corrected chi connectivity index (χ3v) is 4.95. The molecule has 0 fully saturated rings. The van der Waals surface area contributed by atoms with Crippen LogP contribution in [0.15, 0.2) is 97.3 Å². The Morgan fingerprint density at radius 3 is 2.63 bits per heavy atom. The van der Waals surface area contributed by atoms with E-state index in [4.69, 9.17) is 4.74 Å². The average molecular weight is 393 g/mol. The van der Waals surface area contributed by atoms with E-state index in [0.29, 0.717) is 11.4 Å². The molecule has 0 atom stereocenters. The lowest BCUT2D eigenvalue weighted by molar-refractivity contribution is -0.118. The fourth-order valence-electron chi connectivity index (χ4n) is 3.53. The molecule has 5 aromatic rings. The molecule has 0 spiro atoms. The fourth-order valence-corrected chi connectivity index (χ4v) is 3.53. The van der Waals surface area contributed by atoms with Crippen LogP contribution in [0.25, 0.3) is 27.7 Å². The fraction of sp³-hybridized carbons (Fsp3) is 0.0400.